The van der Waals surface area contributed by atoms with Crippen molar-refractivity contribution in [2.75, 3.05) is 24.3 Å². The van der Waals surface area contributed by atoms with E-state index in [0.717, 1.165) is 28.4 Å². The van der Waals surface area contributed by atoms with Gasteiger partial charge in [-0.05, 0) is 12.5 Å². The van der Waals surface area contributed by atoms with Crippen LogP contribution in [0, 0.1) is 0 Å². The topological polar surface area (TPSA) is 84.6 Å². The van der Waals surface area contributed by atoms with E-state index in [4.69, 9.17) is 11.6 Å². The summed E-state index contributed by atoms with van der Waals surface area (Å²) < 4.78 is 63.0. The van der Waals surface area contributed by atoms with Crippen LogP contribution >= 0.6 is 23.4 Å². The van der Waals surface area contributed by atoms with Crippen LogP contribution in [0.1, 0.15) is 12.0 Å². The van der Waals surface area contributed by atoms with Gasteiger partial charge in [-0.15, -0.1) is 10.2 Å². The van der Waals surface area contributed by atoms with Crippen molar-refractivity contribution in [3.8, 4) is 0 Å². The maximum absolute atomic E-state index is 13.0. The largest absolute Gasteiger partial charge is 0.417 e. The summed E-state index contributed by atoms with van der Waals surface area (Å²) in [5.41, 5.74) is -0.906. The number of thioether (sulfide) groups is 1. The Balaban J connectivity index is 1.75. The standard InChI is InChI=1S/C14H14ClF3N4O3S2/c1-21(9-2-3-27(24,25)7-9)11(23)6-26-13-20-19-12-10(15)4-8(5-22(12)13)14(16,17)18/h4-5,9H,2-3,6-7H2,1H3. The summed E-state index contributed by atoms with van der Waals surface area (Å²) in [6.45, 7) is 0. The molecule has 7 nitrogen and oxygen atoms in total. The summed E-state index contributed by atoms with van der Waals surface area (Å²) in [7, 11) is -1.62. The molecule has 2 aromatic rings. The van der Waals surface area contributed by atoms with Crippen molar-refractivity contribution < 1.29 is 26.4 Å². The van der Waals surface area contributed by atoms with Crippen molar-refractivity contribution in [3.63, 3.8) is 0 Å². The molecule has 1 aliphatic heterocycles. The van der Waals surface area contributed by atoms with Gasteiger partial charge in [0.25, 0.3) is 0 Å². The van der Waals surface area contributed by atoms with Crippen LogP contribution in [0.15, 0.2) is 17.4 Å². The highest BCUT2D eigenvalue weighted by Crippen LogP contribution is 2.33. The van der Waals surface area contributed by atoms with E-state index in [-0.39, 0.29) is 39.0 Å². The van der Waals surface area contributed by atoms with E-state index in [0.29, 0.717) is 6.42 Å². The quantitative estimate of drug-likeness (QED) is 0.674. The minimum Gasteiger partial charge on any atom is -0.341 e. The van der Waals surface area contributed by atoms with E-state index < -0.39 is 27.6 Å². The van der Waals surface area contributed by atoms with E-state index >= 15 is 0 Å². The highest BCUT2D eigenvalue weighted by molar-refractivity contribution is 7.99. The molecule has 1 aliphatic rings. The third-order valence-electron chi connectivity index (χ3n) is 4.23. The van der Waals surface area contributed by atoms with Crippen LogP contribution in [0.4, 0.5) is 13.2 Å². The number of hydrogen-bond donors (Lipinski definition) is 0. The minimum absolute atomic E-state index is 0.0377. The normalized spacial score (nSPS) is 19.5. The smallest absolute Gasteiger partial charge is 0.341 e. The zero-order chi connectivity index (χ0) is 20.0. The third kappa shape index (κ3) is 4.32. The molecule has 13 heteroatoms. The number of rotatable bonds is 4. The first-order valence-electron chi connectivity index (χ1n) is 7.68. The number of hydrogen-bond acceptors (Lipinski definition) is 6. The number of fused-ring (bicyclic) bond motifs is 1. The second kappa shape index (κ2) is 7.13. The number of amides is 1. The number of carbonyl (C=O) groups is 1. The van der Waals surface area contributed by atoms with Crippen LogP contribution in [0.2, 0.25) is 5.02 Å². The summed E-state index contributed by atoms with van der Waals surface area (Å²) in [5, 5.41) is 7.42. The maximum atomic E-state index is 13.0. The molecule has 0 spiro atoms. The van der Waals surface area contributed by atoms with E-state index in [9.17, 15) is 26.4 Å². The molecule has 0 radical (unpaired) electrons. The Morgan fingerprint density at radius 2 is 2.15 bits per heavy atom. The van der Waals surface area contributed by atoms with Crippen LogP contribution in [-0.2, 0) is 20.8 Å². The van der Waals surface area contributed by atoms with E-state index in [1.54, 1.807) is 0 Å². The van der Waals surface area contributed by atoms with Crippen LogP contribution in [0.25, 0.3) is 5.65 Å². The van der Waals surface area contributed by atoms with E-state index in [2.05, 4.69) is 10.2 Å². The number of halogens is 4. The van der Waals surface area contributed by atoms with Gasteiger partial charge in [-0.2, -0.15) is 13.2 Å². The molecule has 27 heavy (non-hydrogen) atoms. The fourth-order valence-electron chi connectivity index (χ4n) is 2.70. The predicted octanol–water partition coefficient (Wildman–Crippen LogP) is 2.14. The maximum Gasteiger partial charge on any atom is 0.417 e. The minimum atomic E-state index is -4.59. The molecule has 0 aromatic carbocycles. The van der Waals surface area contributed by atoms with Crippen LogP contribution < -0.4 is 0 Å². The second-order valence-electron chi connectivity index (χ2n) is 6.10. The zero-order valence-corrected chi connectivity index (χ0v) is 16.3. The van der Waals surface area contributed by atoms with Gasteiger partial charge in [0.15, 0.2) is 20.6 Å². The fourth-order valence-corrected chi connectivity index (χ4v) is 5.55. The molecule has 1 fully saturated rings. The predicted molar refractivity (Wildman–Crippen MR) is 93.6 cm³/mol. The summed E-state index contributed by atoms with van der Waals surface area (Å²) in [6.07, 6.45) is -3.40. The third-order valence-corrected chi connectivity index (χ3v) is 7.19. The van der Waals surface area contributed by atoms with Gasteiger partial charge >= 0.3 is 6.18 Å². The average molecular weight is 443 g/mol. The van der Waals surface area contributed by atoms with Gasteiger partial charge in [0.1, 0.15) is 0 Å². The molecule has 3 rings (SSSR count). The summed E-state index contributed by atoms with van der Waals surface area (Å²) >= 11 is 6.75. The van der Waals surface area contributed by atoms with Gasteiger partial charge in [0, 0.05) is 19.3 Å². The van der Waals surface area contributed by atoms with Crippen LogP contribution in [0.3, 0.4) is 0 Å². The van der Waals surface area contributed by atoms with Crippen LogP contribution in [-0.4, -0.2) is 64.2 Å². The number of pyridine rings is 1. The molecule has 2 aromatic heterocycles. The Hall–Kier alpha value is -1.53. The second-order valence-corrected chi connectivity index (χ2v) is 9.68. The molecule has 0 aliphatic carbocycles. The number of nitrogens with zero attached hydrogens (tertiary/aromatic N) is 4. The van der Waals surface area contributed by atoms with Crippen molar-refractivity contribution in [1.82, 2.24) is 19.5 Å². The molecule has 0 saturated carbocycles. The number of alkyl halides is 3. The van der Waals surface area contributed by atoms with E-state index in [1.165, 1.54) is 11.9 Å². The monoisotopic (exact) mass is 442 g/mol. The summed E-state index contributed by atoms with van der Waals surface area (Å²) in [4.78, 5) is 13.7. The van der Waals surface area contributed by atoms with Gasteiger partial charge in [0.2, 0.25) is 5.91 Å². The molecule has 0 N–H and O–H groups in total. The SMILES string of the molecule is CN(C(=O)CSc1nnc2c(Cl)cc(C(F)(F)F)cn12)C1CCS(=O)(=O)C1. The number of aromatic nitrogens is 3. The van der Waals surface area contributed by atoms with Gasteiger partial charge < -0.3 is 4.90 Å². The fraction of sp³-hybridized carbons (Fsp3) is 0.500. The lowest BCUT2D eigenvalue weighted by Gasteiger charge is -2.23. The van der Waals surface area contributed by atoms with Crippen molar-refractivity contribution in [2.24, 2.45) is 0 Å². The molecule has 1 saturated heterocycles. The van der Waals surface area contributed by atoms with Crippen LogP contribution in [0.5, 0.6) is 0 Å². The molecule has 3 heterocycles. The van der Waals surface area contributed by atoms with Gasteiger partial charge in [-0.1, -0.05) is 23.4 Å². The van der Waals surface area contributed by atoms with Gasteiger partial charge in [0.05, 0.1) is 27.8 Å². The summed E-state index contributed by atoms with van der Waals surface area (Å²) in [5.74, 6) is -0.521. The molecule has 1 atom stereocenters. The Morgan fingerprint density at radius 1 is 1.44 bits per heavy atom. The van der Waals surface area contributed by atoms with Gasteiger partial charge in [-0.25, -0.2) is 8.42 Å². The Labute approximate surface area is 161 Å². The molecule has 1 amide bonds. The first-order valence-corrected chi connectivity index (χ1v) is 10.9. The number of sulfone groups is 1. The highest BCUT2D eigenvalue weighted by Gasteiger charge is 2.34. The number of carbonyl (C=O) groups excluding carboxylic acids is 1. The first-order chi connectivity index (χ1) is 12.5. The lowest BCUT2D eigenvalue weighted by atomic mass is 10.2. The Kier molecular flexibility index (Phi) is 5.34. The molecular weight excluding hydrogens is 429 g/mol. The average Bonchev–Trinajstić information content (AvgIpc) is 3.14. The first kappa shape index (κ1) is 20.2. The van der Waals surface area contributed by atoms with Gasteiger partial charge in [-0.3, -0.25) is 9.20 Å². The lowest BCUT2D eigenvalue weighted by molar-refractivity contribution is -0.138. The molecule has 1 unspecified atom stereocenters. The van der Waals surface area contributed by atoms with Crippen molar-refractivity contribution in [2.45, 2.75) is 23.8 Å². The van der Waals surface area contributed by atoms with Crippen molar-refractivity contribution in [1.29, 1.82) is 0 Å². The lowest BCUT2D eigenvalue weighted by Crippen LogP contribution is -2.38. The van der Waals surface area contributed by atoms with E-state index in [1.807, 2.05) is 0 Å². The molecule has 148 valence electrons. The Bertz CT molecular complexity index is 993. The zero-order valence-electron chi connectivity index (χ0n) is 13.9. The molecular formula is C14H14ClF3N4O3S2. The highest BCUT2D eigenvalue weighted by atomic mass is 35.5. The Morgan fingerprint density at radius 3 is 2.74 bits per heavy atom. The summed E-state index contributed by atoms with van der Waals surface area (Å²) in [6, 6.07) is 0.365. The van der Waals surface area contributed by atoms with Crippen molar-refractivity contribution in [3.05, 3.63) is 22.8 Å². The van der Waals surface area contributed by atoms with Crippen molar-refractivity contribution >= 4 is 44.8 Å². The molecule has 0 bridgehead atoms.